The monoisotopic (exact) mass is 380 g/mol. The van der Waals surface area contributed by atoms with Gasteiger partial charge in [0.2, 0.25) is 0 Å². The summed E-state index contributed by atoms with van der Waals surface area (Å²) in [4.78, 5) is 17.3. The summed E-state index contributed by atoms with van der Waals surface area (Å²) in [7, 11) is 0. The molecule has 3 rings (SSSR count). The van der Waals surface area contributed by atoms with E-state index in [1.807, 2.05) is 31.4 Å². The number of H-pyrrole nitrogens is 1. The number of hydrogen-bond acceptors (Lipinski definition) is 5. The van der Waals surface area contributed by atoms with Crippen LogP contribution in [-0.4, -0.2) is 27.7 Å². The van der Waals surface area contributed by atoms with E-state index in [2.05, 4.69) is 25.2 Å². The second-order valence-electron chi connectivity index (χ2n) is 4.64. The van der Waals surface area contributed by atoms with Gasteiger partial charge in [-0.25, -0.2) is 4.98 Å². The fourth-order valence-corrected chi connectivity index (χ4v) is 2.66. The second-order valence-corrected chi connectivity index (χ2v) is 5.59. The Kier molecular flexibility index (Phi) is 7.22. The van der Waals surface area contributed by atoms with Crippen molar-refractivity contribution >= 4 is 17.2 Å². The summed E-state index contributed by atoms with van der Waals surface area (Å²) >= 11 is 1.50. The molecule has 6 nitrogen and oxygen atoms in total. The van der Waals surface area contributed by atoms with Gasteiger partial charge in [0.25, 0.3) is 5.91 Å². The smallest absolute Gasteiger partial charge is 0.387 e. The van der Waals surface area contributed by atoms with E-state index in [0.717, 1.165) is 4.88 Å². The molecule has 0 saturated carbocycles. The zero-order valence-corrected chi connectivity index (χ0v) is 15.0. The van der Waals surface area contributed by atoms with Crippen molar-refractivity contribution in [2.45, 2.75) is 27.0 Å². The maximum atomic E-state index is 12.4. The van der Waals surface area contributed by atoms with Crippen LogP contribution in [0, 0.1) is 0 Å². The molecule has 0 atom stereocenters. The molecule has 3 aromatic rings. The second kappa shape index (κ2) is 9.62. The molecule has 0 radical (unpaired) electrons. The van der Waals surface area contributed by atoms with Gasteiger partial charge in [0, 0.05) is 0 Å². The average molecular weight is 380 g/mol. The number of para-hydroxylation sites is 1. The topological polar surface area (TPSA) is 79.9 Å². The summed E-state index contributed by atoms with van der Waals surface area (Å²) in [6.07, 6.45) is 0. The number of rotatable bonds is 6. The Labute approximate surface area is 153 Å². The molecule has 0 aliphatic heterocycles. The SMILES string of the molecule is CC.O=C(NCc1nc(-c2cccs2)n[nH]1)c1ccccc1OC(F)F. The lowest BCUT2D eigenvalue weighted by molar-refractivity contribution is -0.0501. The minimum Gasteiger partial charge on any atom is -0.434 e. The van der Waals surface area contributed by atoms with Crippen LogP contribution >= 0.6 is 11.3 Å². The van der Waals surface area contributed by atoms with Crippen molar-refractivity contribution in [3.63, 3.8) is 0 Å². The molecule has 2 aromatic heterocycles. The van der Waals surface area contributed by atoms with Gasteiger partial charge >= 0.3 is 6.61 Å². The molecule has 0 spiro atoms. The zero-order valence-electron chi connectivity index (χ0n) is 14.2. The van der Waals surface area contributed by atoms with Gasteiger partial charge in [0.1, 0.15) is 11.6 Å². The van der Waals surface area contributed by atoms with Crippen LogP contribution in [-0.2, 0) is 6.54 Å². The highest BCUT2D eigenvalue weighted by Crippen LogP contribution is 2.21. The molecule has 26 heavy (non-hydrogen) atoms. The molecular weight excluding hydrogens is 362 g/mol. The minimum atomic E-state index is -3.00. The number of nitrogens with zero attached hydrogens (tertiary/aromatic N) is 2. The van der Waals surface area contributed by atoms with E-state index >= 15 is 0 Å². The van der Waals surface area contributed by atoms with Gasteiger partial charge in [-0.3, -0.25) is 9.89 Å². The van der Waals surface area contributed by atoms with E-state index in [0.29, 0.717) is 11.6 Å². The summed E-state index contributed by atoms with van der Waals surface area (Å²) in [5.41, 5.74) is 0.0239. The summed E-state index contributed by atoms with van der Waals surface area (Å²) in [5.74, 6) is 0.275. The molecule has 0 aliphatic rings. The third-order valence-corrected chi connectivity index (χ3v) is 3.90. The maximum Gasteiger partial charge on any atom is 0.387 e. The molecule has 1 aromatic carbocycles. The molecule has 1 amide bonds. The molecule has 2 heterocycles. The summed E-state index contributed by atoms with van der Waals surface area (Å²) < 4.78 is 29.1. The molecule has 138 valence electrons. The van der Waals surface area contributed by atoms with E-state index in [1.165, 1.54) is 29.5 Å². The lowest BCUT2D eigenvalue weighted by Gasteiger charge is -2.10. The van der Waals surface area contributed by atoms with Crippen LogP contribution in [0.5, 0.6) is 5.75 Å². The molecule has 0 unspecified atom stereocenters. The number of nitrogens with one attached hydrogen (secondary N) is 2. The Balaban J connectivity index is 0.00000117. The van der Waals surface area contributed by atoms with E-state index in [1.54, 1.807) is 6.07 Å². The minimum absolute atomic E-state index is 0.0239. The molecular formula is C17H18F2N4O2S. The maximum absolute atomic E-state index is 12.4. The Morgan fingerprint density at radius 2 is 2.04 bits per heavy atom. The zero-order chi connectivity index (χ0) is 18.9. The van der Waals surface area contributed by atoms with Crippen molar-refractivity contribution in [1.29, 1.82) is 0 Å². The van der Waals surface area contributed by atoms with Gasteiger partial charge in [-0.15, -0.1) is 11.3 Å². The van der Waals surface area contributed by atoms with Crippen LogP contribution < -0.4 is 10.1 Å². The fraction of sp³-hybridized carbons (Fsp3) is 0.235. The first-order chi connectivity index (χ1) is 12.6. The number of aromatic nitrogens is 3. The summed E-state index contributed by atoms with van der Waals surface area (Å²) in [5, 5.41) is 11.3. The van der Waals surface area contributed by atoms with Crippen molar-refractivity contribution in [3.05, 3.63) is 53.2 Å². The van der Waals surface area contributed by atoms with Gasteiger partial charge < -0.3 is 10.1 Å². The van der Waals surface area contributed by atoms with Gasteiger partial charge in [-0.2, -0.15) is 13.9 Å². The number of hydrogen-bond donors (Lipinski definition) is 2. The van der Waals surface area contributed by atoms with Gasteiger partial charge in [-0.05, 0) is 23.6 Å². The van der Waals surface area contributed by atoms with Crippen molar-refractivity contribution in [2.24, 2.45) is 0 Å². The Hall–Kier alpha value is -2.81. The Morgan fingerprint density at radius 3 is 2.73 bits per heavy atom. The van der Waals surface area contributed by atoms with Crippen LogP contribution in [0.1, 0.15) is 30.0 Å². The Bertz CT molecular complexity index is 822. The number of halogens is 2. The number of carbonyl (C=O) groups is 1. The first-order valence-corrected chi connectivity index (χ1v) is 8.78. The Morgan fingerprint density at radius 1 is 1.27 bits per heavy atom. The van der Waals surface area contributed by atoms with Crippen molar-refractivity contribution in [3.8, 4) is 16.5 Å². The number of ether oxygens (including phenoxy) is 1. The van der Waals surface area contributed by atoms with Gasteiger partial charge in [0.05, 0.1) is 17.0 Å². The van der Waals surface area contributed by atoms with E-state index in [9.17, 15) is 13.6 Å². The van der Waals surface area contributed by atoms with Crippen molar-refractivity contribution in [1.82, 2.24) is 20.5 Å². The highest BCUT2D eigenvalue weighted by atomic mass is 32.1. The third-order valence-electron chi connectivity index (χ3n) is 3.04. The van der Waals surface area contributed by atoms with Crippen LogP contribution in [0.4, 0.5) is 8.78 Å². The first kappa shape index (κ1) is 19.5. The average Bonchev–Trinajstić information content (AvgIpc) is 3.33. The van der Waals surface area contributed by atoms with Crippen LogP contribution in [0.2, 0.25) is 0 Å². The summed E-state index contributed by atoms with van der Waals surface area (Å²) in [6.45, 7) is 1.09. The molecule has 0 saturated heterocycles. The largest absolute Gasteiger partial charge is 0.434 e. The normalized spacial score (nSPS) is 10.2. The van der Waals surface area contributed by atoms with Crippen molar-refractivity contribution in [2.75, 3.05) is 0 Å². The van der Waals surface area contributed by atoms with Crippen molar-refractivity contribution < 1.29 is 18.3 Å². The fourth-order valence-electron chi connectivity index (χ4n) is 2.00. The molecule has 0 bridgehead atoms. The van der Waals surface area contributed by atoms with Crippen LogP contribution in [0.25, 0.3) is 10.7 Å². The summed E-state index contributed by atoms with van der Waals surface area (Å²) in [6, 6.07) is 9.57. The third kappa shape index (κ3) is 5.09. The number of carbonyl (C=O) groups excluding carboxylic acids is 1. The van der Waals surface area contributed by atoms with Crippen LogP contribution in [0.3, 0.4) is 0 Å². The molecule has 2 N–H and O–H groups in total. The number of benzene rings is 1. The van der Waals surface area contributed by atoms with E-state index in [4.69, 9.17) is 0 Å². The molecule has 0 fully saturated rings. The quantitative estimate of drug-likeness (QED) is 0.675. The molecule has 9 heteroatoms. The predicted octanol–water partition coefficient (Wildman–Crippen LogP) is 4.09. The lowest BCUT2D eigenvalue weighted by Crippen LogP contribution is -2.24. The van der Waals surface area contributed by atoms with Crippen LogP contribution in [0.15, 0.2) is 41.8 Å². The number of alkyl halides is 2. The standard InChI is InChI=1S/C15H12F2N4O2S.C2H6/c16-15(17)23-10-5-2-1-4-9(10)14(22)18-8-12-19-13(21-20-12)11-6-3-7-24-11;1-2/h1-7,15H,8H2,(H,18,22)(H,19,20,21);1-2H3. The molecule has 0 aliphatic carbocycles. The highest BCUT2D eigenvalue weighted by Gasteiger charge is 2.15. The highest BCUT2D eigenvalue weighted by molar-refractivity contribution is 7.13. The number of aromatic amines is 1. The number of amides is 1. The number of thiophene rings is 1. The van der Waals surface area contributed by atoms with Gasteiger partial charge in [0.15, 0.2) is 5.82 Å². The lowest BCUT2D eigenvalue weighted by atomic mass is 10.2. The van der Waals surface area contributed by atoms with E-state index in [-0.39, 0.29) is 17.9 Å². The van der Waals surface area contributed by atoms with E-state index < -0.39 is 12.5 Å². The predicted molar refractivity (Wildman–Crippen MR) is 95.3 cm³/mol. The van der Waals surface area contributed by atoms with Gasteiger partial charge in [-0.1, -0.05) is 32.0 Å². The first-order valence-electron chi connectivity index (χ1n) is 7.90.